The predicted octanol–water partition coefficient (Wildman–Crippen LogP) is 3.06. The maximum Gasteiger partial charge on any atom is 0.229 e. The Kier molecular flexibility index (Phi) is 5.72. The van der Waals surface area contributed by atoms with Crippen molar-refractivity contribution in [3.05, 3.63) is 41.6 Å². The minimum absolute atomic E-state index is 0.633. The maximum atomic E-state index is 4.55. The van der Waals surface area contributed by atoms with Crippen LogP contribution in [0.4, 0.5) is 17.5 Å². The van der Waals surface area contributed by atoms with Crippen molar-refractivity contribution >= 4 is 17.5 Å². The average molecular weight is 299 g/mol. The molecule has 0 saturated carbocycles. The van der Waals surface area contributed by atoms with Crippen LogP contribution in [0.2, 0.25) is 0 Å². The standard InChI is InChI=1S/C17H25N5/c1-5-14-8-6-7-9-15(14)20-17-19-13(2)12-16(21-17)18-10-11-22(3)4/h6-9,12H,5,10-11H2,1-4H3,(H2,18,19,20,21). The van der Waals surface area contributed by atoms with Gasteiger partial charge in [0.15, 0.2) is 0 Å². The van der Waals surface area contributed by atoms with E-state index >= 15 is 0 Å². The Bertz CT molecular complexity index is 610. The van der Waals surface area contributed by atoms with Crippen molar-refractivity contribution in [2.75, 3.05) is 37.8 Å². The molecule has 0 unspecified atom stereocenters. The number of aryl methyl sites for hydroxylation is 2. The van der Waals surface area contributed by atoms with Crippen molar-refractivity contribution in [1.82, 2.24) is 14.9 Å². The van der Waals surface area contributed by atoms with Gasteiger partial charge in [0.05, 0.1) is 0 Å². The van der Waals surface area contributed by atoms with Crippen LogP contribution in [-0.2, 0) is 6.42 Å². The second-order valence-electron chi connectivity index (χ2n) is 5.58. The lowest BCUT2D eigenvalue weighted by Crippen LogP contribution is -2.21. The summed E-state index contributed by atoms with van der Waals surface area (Å²) in [6.07, 6.45) is 0.975. The van der Waals surface area contributed by atoms with Crippen molar-refractivity contribution in [3.63, 3.8) is 0 Å². The van der Waals surface area contributed by atoms with Crippen LogP contribution in [0, 0.1) is 6.92 Å². The van der Waals surface area contributed by atoms with Gasteiger partial charge < -0.3 is 15.5 Å². The highest BCUT2D eigenvalue weighted by molar-refractivity contribution is 5.59. The molecule has 1 aromatic carbocycles. The third-order valence-electron chi connectivity index (χ3n) is 3.36. The van der Waals surface area contributed by atoms with E-state index in [1.807, 2.05) is 19.1 Å². The van der Waals surface area contributed by atoms with Gasteiger partial charge in [0, 0.05) is 30.5 Å². The molecule has 0 amide bonds. The van der Waals surface area contributed by atoms with Crippen molar-refractivity contribution < 1.29 is 0 Å². The molecule has 0 aliphatic heterocycles. The normalized spacial score (nSPS) is 10.8. The zero-order chi connectivity index (χ0) is 15.9. The molecule has 0 radical (unpaired) electrons. The van der Waals surface area contributed by atoms with E-state index in [1.165, 1.54) is 5.56 Å². The van der Waals surface area contributed by atoms with Gasteiger partial charge in [-0.25, -0.2) is 4.98 Å². The molecule has 0 saturated heterocycles. The van der Waals surface area contributed by atoms with Gasteiger partial charge in [-0.2, -0.15) is 4.98 Å². The van der Waals surface area contributed by atoms with Crippen molar-refractivity contribution in [2.45, 2.75) is 20.3 Å². The molecule has 5 nitrogen and oxygen atoms in total. The highest BCUT2D eigenvalue weighted by Crippen LogP contribution is 2.20. The molecular formula is C17H25N5. The second kappa shape index (κ2) is 7.75. The molecule has 0 fully saturated rings. The van der Waals surface area contributed by atoms with Gasteiger partial charge in [-0.15, -0.1) is 0 Å². The molecule has 1 aromatic heterocycles. The molecule has 2 N–H and O–H groups in total. The highest BCUT2D eigenvalue weighted by atomic mass is 15.2. The lowest BCUT2D eigenvalue weighted by Gasteiger charge is -2.13. The quantitative estimate of drug-likeness (QED) is 0.823. The zero-order valence-electron chi connectivity index (χ0n) is 13.8. The Morgan fingerprint density at radius 1 is 1.14 bits per heavy atom. The maximum absolute atomic E-state index is 4.55. The number of benzene rings is 1. The molecule has 0 atom stereocenters. The summed E-state index contributed by atoms with van der Waals surface area (Å²) >= 11 is 0. The summed E-state index contributed by atoms with van der Waals surface area (Å²) in [5.41, 5.74) is 3.27. The Morgan fingerprint density at radius 2 is 1.91 bits per heavy atom. The Hall–Kier alpha value is -2.14. The van der Waals surface area contributed by atoms with Crippen LogP contribution in [0.15, 0.2) is 30.3 Å². The number of anilines is 3. The second-order valence-corrected chi connectivity index (χ2v) is 5.58. The van der Waals surface area contributed by atoms with Gasteiger partial charge in [-0.1, -0.05) is 25.1 Å². The van der Waals surface area contributed by atoms with Gasteiger partial charge in [0.25, 0.3) is 0 Å². The minimum atomic E-state index is 0.633. The number of rotatable bonds is 7. The van der Waals surface area contributed by atoms with Crippen molar-refractivity contribution in [2.24, 2.45) is 0 Å². The van der Waals surface area contributed by atoms with Crippen molar-refractivity contribution in [3.8, 4) is 0 Å². The molecule has 2 aromatic rings. The van der Waals surface area contributed by atoms with E-state index in [4.69, 9.17) is 0 Å². The molecule has 2 rings (SSSR count). The van der Waals surface area contributed by atoms with E-state index in [1.54, 1.807) is 0 Å². The molecule has 118 valence electrons. The first-order valence-corrected chi connectivity index (χ1v) is 7.67. The summed E-state index contributed by atoms with van der Waals surface area (Å²) in [7, 11) is 4.11. The van der Waals surface area contributed by atoms with Gasteiger partial charge in [0.1, 0.15) is 5.82 Å². The van der Waals surface area contributed by atoms with Gasteiger partial charge in [-0.05, 0) is 39.1 Å². The molecule has 1 heterocycles. The summed E-state index contributed by atoms with van der Waals surface area (Å²) in [6.45, 7) is 5.94. The largest absolute Gasteiger partial charge is 0.369 e. The van der Waals surface area contributed by atoms with Crippen LogP contribution in [0.3, 0.4) is 0 Å². The van der Waals surface area contributed by atoms with Gasteiger partial charge in [-0.3, -0.25) is 0 Å². The summed E-state index contributed by atoms with van der Waals surface area (Å²) in [6, 6.07) is 10.2. The predicted molar refractivity (Wildman–Crippen MR) is 92.9 cm³/mol. The van der Waals surface area contributed by atoms with E-state index in [2.05, 4.69) is 64.7 Å². The van der Waals surface area contributed by atoms with Crippen LogP contribution in [0.5, 0.6) is 0 Å². The fraction of sp³-hybridized carbons (Fsp3) is 0.412. The monoisotopic (exact) mass is 299 g/mol. The van der Waals surface area contributed by atoms with Crippen LogP contribution in [-0.4, -0.2) is 42.1 Å². The van der Waals surface area contributed by atoms with E-state index < -0.39 is 0 Å². The number of hydrogen-bond acceptors (Lipinski definition) is 5. The third kappa shape index (κ3) is 4.70. The number of hydrogen-bond donors (Lipinski definition) is 2. The molecule has 0 spiro atoms. The Labute approximate surface area is 132 Å². The first kappa shape index (κ1) is 16.2. The minimum Gasteiger partial charge on any atom is -0.369 e. The average Bonchev–Trinajstić information content (AvgIpc) is 2.47. The highest BCUT2D eigenvalue weighted by Gasteiger charge is 2.05. The molecule has 5 heteroatoms. The Morgan fingerprint density at radius 3 is 2.64 bits per heavy atom. The van der Waals surface area contributed by atoms with E-state index in [-0.39, 0.29) is 0 Å². The number of aromatic nitrogens is 2. The molecule has 0 aliphatic rings. The SMILES string of the molecule is CCc1ccccc1Nc1nc(C)cc(NCCN(C)C)n1. The molecular weight excluding hydrogens is 274 g/mol. The Balaban J connectivity index is 2.12. The van der Waals surface area contributed by atoms with Crippen LogP contribution in [0.1, 0.15) is 18.2 Å². The molecule has 0 bridgehead atoms. The first-order valence-electron chi connectivity index (χ1n) is 7.67. The first-order chi connectivity index (χ1) is 10.6. The number of nitrogens with zero attached hydrogens (tertiary/aromatic N) is 3. The lowest BCUT2D eigenvalue weighted by atomic mass is 10.1. The zero-order valence-corrected chi connectivity index (χ0v) is 13.8. The third-order valence-corrected chi connectivity index (χ3v) is 3.36. The summed E-state index contributed by atoms with van der Waals surface area (Å²) in [4.78, 5) is 11.2. The molecule has 0 aliphatic carbocycles. The van der Waals surface area contributed by atoms with Crippen LogP contribution >= 0.6 is 0 Å². The number of likely N-dealkylation sites (N-methyl/N-ethyl adjacent to an activating group) is 1. The van der Waals surface area contributed by atoms with Gasteiger partial charge >= 0.3 is 0 Å². The summed E-state index contributed by atoms with van der Waals surface area (Å²) < 4.78 is 0. The summed E-state index contributed by atoms with van der Waals surface area (Å²) in [5.74, 6) is 1.49. The summed E-state index contributed by atoms with van der Waals surface area (Å²) in [5, 5.41) is 6.67. The van der Waals surface area contributed by atoms with E-state index in [9.17, 15) is 0 Å². The van der Waals surface area contributed by atoms with Crippen molar-refractivity contribution in [1.29, 1.82) is 0 Å². The van der Waals surface area contributed by atoms with Crippen LogP contribution in [0.25, 0.3) is 0 Å². The number of para-hydroxylation sites is 1. The van der Waals surface area contributed by atoms with E-state index in [0.29, 0.717) is 5.95 Å². The lowest BCUT2D eigenvalue weighted by molar-refractivity contribution is 0.425. The van der Waals surface area contributed by atoms with E-state index in [0.717, 1.165) is 36.7 Å². The van der Waals surface area contributed by atoms with Crippen LogP contribution < -0.4 is 10.6 Å². The van der Waals surface area contributed by atoms with Gasteiger partial charge in [0.2, 0.25) is 5.95 Å². The number of nitrogens with one attached hydrogen (secondary N) is 2. The topological polar surface area (TPSA) is 53.1 Å². The smallest absolute Gasteiger partial charge is 0.229 e. The fourth-order valence-electron chi connectivity index (χ4n) is 2.19. The fourth-order valence-corrected chi connectivity index (χ4v) is 2.19. The molecule has 22 heavy (non-hydrogen) atoms.